The van der Waals surface area contributed by atoms with Gasteiger partial charge in [0.05, 0.1) is 6.17 Å². The van der Waals surface area contributed by atoms with E-state index >= 15 is 0 Å². The minimum absolute atomic E-state index is 0.177. The molecule has 0 rings (SSSR count). The van der Waals surface area contributed by atoms with Crippen molar-refractivity contribution in [3.05, 3.63) is 6.92 Å². The zero-order valence-electron chi connectivity index (χ0n) is 4.35. The summed E-state index contributed by atoms with van der Waals surface area (Å²) in [5, 5.41) is 2.84. The number of rotatable bonds is 3. The second-order valence-electron chi connectivity index (χ2n) is 1.35. The van der Waals surface area contributed by atoms with Gasteiger partial charge in [0.1, 0.15) is 0 Å². The summed E-state index contributed by atoms with van der Waals surface area (Å²) in [5.74, 6) is 0. The molecule has 0 amide bonds. The molecule has 0 aromatic carbocycles. The molecule has 1 radical (unpaired) electrons. The second-order valence-corrected chi connectivity index (χ2v) is 1.35. The Hall–Kier alpha value is -0.120. The number of hydrogen-bond donors (Lipinski definition) is 3. The highest BCUT2D eigenvalue weighted by Crippen LogP contribution is 1.59. The summed E-state index contributed by atoms with van der Waals surface area (Å²) in [4.78, 5) is 0. The van der Waals surface area contributed by atoms with Crippen molar-refractivity contribution in [3.63, 3.8) is 0 Å². The minimum atomic E-state index is -0.177. The molecule has 0 saturated carbocycles. The van der Waals surface area contributed by atoms with Crippen LogP contribution in [0.4, 0.5) is 0 Å². The van der Waals surface area contributed by atoms with Crippen molar-refractivity contribution in [3.8, 4) is 0 Å². The van der Waals surface area contributed by atoms with E-state index in [1.165, 1.54) is 0 Å². The van der Waals surface area contributed by atoms with Crippen molar-refractivity contribution in [1.82, 2.24) is 5.32 Å². The Bertz CT molecular complexity index is 35.9. The number of hydrogen-bond acceptors (Lipinski definition) is 3. The molecule has 3 nitrogen and oxygen atoms in total. The standard InChI is InChI=1S/C4H12N3/c1-4(6)7-3-2-5/h4,7H,1-3,5-6H2. The van der Waals surface area contributed by atoms with E-state index in [9.17, 15) is 0 Å². The molecule has 0 saturated heterocycles. The summed E-state index contributed by atoms with van der Waals surface area (Å²) >= 11 is 0. The van der Waals surface area contributed by atoms with Gasteiger partial charge >= 0.3 is 0 Å². The third kappa shape index (κ3) is 5.88. The van der Waals surface area contributed by atoms with E-state index in [-0.39, 0.29) is 6.17 Å². The fraction of sp³-hybridized carbons (Fsp3) is 0.750. The van der Waals surface area contributed by atoms with Gasteiger partial charge in [0.15, 0.2) is 0 Å². The van der Waals surface area contributed by atoms with Crippen molar-refractivity contribution >= 4 is 0 Å². The van der Waals surface area contributed by atoms with Gasteiger partial charge < -0.3 is 16.8 Å². The maximum absolute atomic E-state index is 5.20. The second kappa shape index (κ2) is 4.05. The molecule has 0 aromatic rings. The minimum Gasteiger partial charge on any atom is -0.329 e. The lowest BCUT2D eigenvalue weighted by molar-refractivity contribution is 0.615. The van der Waals surface area contributed by atoms with Crippen LogP contribution in [0, 0.1) is 6.92 Å². The first-order chi connectivity index (χ1) is 3.27. The fourth-order valence-corrected chi connectivity index (χ4v) is 0.269. The van der Waals surface area contributed by atoms with Crippen LogP contribution in [-0.4, -0.2) is 19.3 Å². The van der Waals surface area contributed by atoms with Crippen LogP contribution >= 0.6 is 0 Å². The maximum atomic E-state index is 5.20. The van der Waals surface area contributed by atoms with Gasteiger partial charge in [-0.1, -0.05) is 0 Å². The van der Waals surface area contributed by atoms with Crippen LogP contribution in [0.2, 0.25) is 0 Å². The van der Waals surface area contributed by atoms with Gasteiger partial charge in [0.2, 0.25) is 0 Å². The molecule has 0 aliphatic rings. The van der Waals surface area contributed by atoms with E-state index in [4.69, 9.17) is 11.5 Å². The molecular formula is C4H12N3. The average molecular weight is 102 g/mol. The van der Waals surface area contributed by atoms with Crippen LogP contribution in [0.15, 0.2) is 0 Å². The third-order valence-corrected chi connectivity index (χ3v) is 0.551. The van der Waals surface area contributed by atoms with Crippen molar-refractivity contribution in [2.45, 2.75) is 6.17 Å². The molecule has 0 heterocycles. The van der Waals surface area contributed by atoms with Gasteiger partial charge in [0.25, 0.3) is 0 Å². The quantitative estimate of drug-likeness (QED) is 0.386. The molecule has 0 fully saturated rings. The van der Waals surface area contributed by atoms with Gasteiger partial charge in [-0.2, -0.15) is 0 Å². The van der Waals surface area contributed by atoms with Gasteiger partial charge in [-0.3, -0.25) is 0 Å². The highest BCUT2D eigenvalue weighted by Gasteiger charge is 1.85. The van der Waals surface area contributed by atoms with Gasteiger partial charge in [-0.25, -0.2) is 0 Å². The molecule has 5 N–H and O–H groups in total. The highest BCUT2D eigenvalue weighted by atomic mass is 15.0. The van der Waals surface area contributed by atoms with Crippen LogP contribution in [0.5, 0.6) is 0 Å². The molecular weight excluding hydrogens is 90.1 g/mol. The largest absolute Gasteiger partial charge is 0.329 e. The molecule has 0 aromatic heterocycles. The monoisotopic (exact) mass is 102 g/mol. The summed E-state index contributed by atoms with van der Waals surface area (Å²) in [6, 6.07) is 0. The Labute approximate surface area is 44.1 Å². The van der Waals surface area contributed by atoms with E-state index in [1.807, 2.05) is 0 Å². The van der Waals surface area contributed by atoms with E-state index in [0.29, 0.717) is 6.54 Å². The molecule has 43 valence electrons. The van der Waals surface area contributed by atoms with Crippen LogP contribution in [-0.2, 0) is 0 Å². The Morgan fingerprint density at radius 3 is 2.43 bits per heavy atom. The fourth-order valence-electron chi connectivity index (χ4n) is 0.269. The van der Waals surface area contributed by atoms with E-state index in [1.54, 1.807) is 0 Å². The number of nitrogens with two attached hydrogens (primary N) is 2. The molecule has 3 heteroatoms. The van der Waals surface area contributed by atoms with Gasteiger partial charge in [-0.15, -0.1) is 0 Å². The van der Waals surface area contributed by atoms with Crippen LogP contribution in [0.3, 0.4) is 0 Å². The van der Waals surface area contributed by atoms with Crippen molar-refractivity contribution < 1.29 is 0 Å². The molecule has 1 atom stereocenters. The lowest BCUT2D eigenvalue weighted by atomic mass is 10.5. The summed E-state index contributed by atoms with van der Waals surface area (Å²) < 4.78 is 0. The Balaban J connectivity index is 2.68. The van der Waals surface area contributed by atoms with Crippen LogP contribution in [0.25, 0.3) is 0 Å². The summed E-state index contributed by atoms with van der Waals surface area (Å²) in [5.41, 5.74) is 10.3. The third-order valence-electron chi connectivity index (χ3n) is 0.551. The smallest absolute Gasteiger partial charge is 0.0547 e. The van der Waals surface area contributed by atoms with Crippen molar-refractivity contribution in [2.24, 2.45) is 11.5 Å². The van der Waals surface area contributed by atoms with Crippen molar-refractivity contribution in [2.75, 3.05) is 13.1 Å². The van der Waals surface area contributed by atoms with E-state index in [2.05, 4.69) is 12.2 Å². The molecule has 7 heavy (non-hydrogen) atoms. The Morgan fingerprint density at radius 2 is 2.29 bits per heavy atom. The first-order valence-corrected chi connectivity index (χ1v) is 2.29. The first kappa shape index (κ1) is 6.88. The maximum Gasteiger partial charge on any atom is 0.0547 e. The Morgan fingerprint density at radius 1 is 1.71 bits per heavy atom. The molecule has 0 spiro atoms. The van der Waals surface area contributed by atoms with Gasteiger partial charge in [-0.05, 0) is 6.92 Å². The zero-order chi connectivity index (χ0) is 5.70. The topological polar surface area (TPSA) is 64.1 Å². The highest BCUT2D eigenvalue weighted by molar-refractivity contribution is 4.58. The zero-order valence-corrected chi connectivity index (χ0v) is 4.35. The normalized spacial score (nSPS) is 14.1. The molecule has 0 aliphatic heterocycles. The predicted molar refractivity (Wildman–Crippen MR) is 30.4 cm³/mol. The number of nitrogens with one attached hydrogen (secondary N) is 1. The molecule has 1 unspecified atom stereocenters. The lowest BCUT2D eigenvalue weighted by Crippen LogP contribution is -2.37. The van der Waals surface area contributed by atoms with E-state index < -0.39 is 0 Å². The predicted octanol–water partition coefficient (Wildman–Crippen LogP) is -1.35. The van der Waals surface area contributed by atoms with Crippen LogP contribution < -0.4 is 16.8 Å². The van der Waals surface area contributed by atoms with Crippen molar-refractivity contribution in [1.29, 1.82) is 0 Å². The average Bonchev–Trinajstić information content (AvgIpc) is 1.61. The lowest BCUT2D eigenvalue weighted by Gasteiger charge is -2.03. The first-order valence-electron chi connectivity index (χ1n) is 2.29. The molecule has 0 bridgehead atoms. The summed E-state index contributed by atoms with van der Waals surface area (Å²) in [7, 11) is 0. The van der Waals surface area contributed by atoms with Gasteiger partial charge in [0, 0.05) is 13.1 Å². The summed E-state index contributed by atoms with van der Waals surface area (Å²) in [6.45, 7) is 4.84. The van der Waals surface area contributed by atoms with E-state index in [0.717, 1.165) is 6.54 Å². The van der Waals surface area contributed by atoms with Crippen LogP contribution in [0.1, 0.15) is 0 Å². The summed E-state index contributed by atoms with van der Waals surface area (Å²) in [6.07, 6.45) is -0.177. The molecule has 0 aliphatic carbocycles. The SMILES string of the molecule is [CH2]C(N)NCCN. The Kier molecular flexibility index (Phi) is 3.98.